The number of nitrogens with one attached hydrogen (secondary N) is 1. The van der Waals surface area contributed by atoms with E-state index in [4.69, 9.17) is 4.74 Å². The van der Waals surface area contributed by atoms with Crippen LogP contribution in [0.4, 0.5) is 0 Å². The summed E-state index contributed by atoms with van der Waals surface area (Å²) < 4.78 is 5.80. The third-order valence-electron chi connectivity index (χ3n) is 3.91. The van der Waals surface area contributed by atoms with Crippen LogP contribution in [0, 0.1) is 5.92 Å². The molecule has 0 radical (unpaired) electrons. The number of hydrogen-bond donors (Lipinski definition) is 1. The molecule has 0 spiro atoms. The van der Waals surface area contributed by atoms with Gasteiger partial charge in [0.25, 0.3) is 0 Å². The minimum Gasteiger partial charge on any atom is -0.374 e. The summed E-state index contributed by atoms with van der Waals surface area (Å²) in [5, 5.41) is 3.69. The van der Waals surface area contributed by atoms with E-state index >= 15 is 0 Å². The first-order chi connectivity index (χ1) is 7.83. The van der Waals surface area contributed by atoms with Crippen molar-refractivity contribution in [1.82, 2.24) is 10.2 Å². The molecule has 94 valence electrons. The van der Waals surface area contributed by atoms with Crippen molar-refractivity contribution in [2.75, 3.05) is 32.8 Å². The summed E-state index contributed by atoms with van der Waals surface area (Å²) >= 11 is 0. The molecule has 3 heteroatoms. The zero-order valence-electron chi connectivity index (χ0n) is 10.7. The first-order valence-corrected chi connectivity index (χ1v) is 6.90. The molecule has 1 saturated carbocycles. The predicted octanol–water partition coefficient (Wildman–Crippen LogP) is 1.49. The van der Waals surface area contributed by atoms with Gasteiger partial charge in [-0.2, -0.15) is 0 Å². The molecule has 2 rings (SSSR count). The van der Waals surface area contributed by atoms with Gasteiger partial charge in [-0.25, -0.2) is 0 Å². The lowest BCUT2D eigenvalue weighted by Gasteiger charge is -2.33. The van der Waals surface area contributed by atoms with Crippen LogP contribution in [0.5, 0.6) is 0 Å². The van der Waals surface area contributed by atoms with Gasteiger partial charge in [-0.1, -0.05) is 13.8 Å². The molecule has 1 N–H and O–H groups in total. The van der Waals surface area contributed by atoms with Gasteiger partial charge in [-0.15, -0.1) is 0 Å². The number of hydrogen-bond acceptors (Lipinski definition) is 3. The average Bonchev–Trinajstić information content (AvgIpc) is 3.15. The first-order valence-electron chi connectivity index (χ1n) is 6.90. The molecule has 1 saturated heterocycles. The second-order valence-corrected chi connectivity index (χ2v) is 5.15. The highest BCUT2D eigenvalue weighted by molar-refractivity contribution is 4.86. The van der Waals surface area contributed by atoms with Crippen LogP contribution in [0.2, 0.25) is 0 Å². The fourth-order valence-electron chi connectivity index (χ4n) is 2.62. The smallest absolute Gasteiger partial charge is 0.0826 e. The summed E-state index contributed by atoms with van der Waals surface area (Å²) in [6.45, 7) is 9.81. The Balaban J connectivity index is 1.67. The van der Waals surface area contributed by atoms with Crippen LogP contribution in [0.15, 0.2) is 0 Å². The van der Waals surface area contributed by atoms with Crippen LogP contribution in [-0.4, -0.2) is 49.8 Å². The topological polar surface area (TPSA) is 24.5 Å². The summed E-state index contributed by atoms with van der Waals surface area (Å²) in [7, 11) is 0. The van der Waals surface area contributed by atoms with Crippen molar-refractivity contribution < 1.29 is 4.74 Å². The van der Waals surface area contributed by atoms with E-state index in [0.717, 1.165) is 44.7 Å². The van der Waals surface area contributed by atoms with Crippen LogP contribution in [0.1, 0.15) is 33.1 Å². The zero-order chi connectivity index (χ0) is 11.4. The Bertz CT molecular complexity index is 206. The van der Waals surface area contributed by atoms with Crippen molar-refractivity contribution in [2.45, 2.75) is 45.3 Å². The Morgan fingerprint density at radius 3 is 2.81 bits per heavy atom. The van der Waals surface area contributed by atoms with E-state index in [1.54, 1.807) is 0 Å². The van der Waals surface area contributed by atoms with Crippen molar-refractivity contribution in [1.29, 1.82) is 0 Å². The summed E-state index contributed by atoms with van der Waals surface area (Å²) in [5.74, 6) is 0.955. The minimum absolute atomic E-state index is 0.404. The Morgan fingerprint density at radius 2 is 2.19 bits per heavy atom. The standard InChI is InChI=1S/C13H26N2O/c1-3-13(11-5-6-11)14-9-12-10-15(4-2)7-8-16-12/h11-14H,3-10H2,1-2H3. The monoisotopic (exact) mass is 226 g/mol. The van der Waals surface area contributed by atoms with Crippen LogP contribution in [0.25, 0.3) is 0 Å². The highest BCUT2D eigenvalue weighted by Gasteiger charge is 2.30. The maximum atomic E-state index is 5.80. The van der Waals surface area contributed by atoms with Crippen LogP contribution in [0.3, 0.4) is 0 Å². The molecule has 0 aromatic carbocycles. The molecule has 0 bridgehead atoms. The van der Waals surface area contributed by atoms with Crippen molar-refractivity contribution in [2.24, 2.45) is 5.92 Å². The summed E-state index contributed by atoms with van der Waals surface area (Å²) in [6.07, 6.45) is 4.52. The third-order valence-corrected chi connectivity index (χ3v) is 3.91. The molecule has 0 aromatic rings. The second kappa shape index (κ2) is 5.99. The summed E-state index contributed by atoms with van der Waals surface area (Å²) in [5.41, 5.74) is 0. The number of nitrogens with zero attached hydrogens (tertiary/aromatic N) is 1. The second-order valence-electron chi connectivity index (χ2n) is 5.15. The minimum atomic E-state index is 0.404. The molecule has 0 amide bonds. The normalized spacial score (nSPS) is 29.2. The van der Waals surface area contributed by atoms with Crippen LogP contribution < -0.4 is 5.32 Å². The van der Waals surface area contributed by atoms with Gasteiger partial charge in [0.1, 0.15) is 0 Å². The molecule has 0 aromatic heterocycles. The fraction of sp³-hybridized carbons (Fsp3) is 1.00. The third kappa shape index (κ3) is 3.44. The highest BCUT2D eigenvalue weighted by Crippen LogP contribution is 2.33. The lowest BCUT2D eigenvalue weighted by Crippen LogP contribution is -2.48. The SMILES string of the molecule is CCC(NCC1CN(CC)CCO1)C1CC1. The zero-order valence-corrected chi connectivity index (χ0v) is 10.7. The molecule has 3 nitrogen and oxygen atoms in total. The predicted molar refractivity (Wildman–Crippen MR) is 66.7 cm³/mol. The molecule has 2 unspecified atom stereocenters. The van der Waals surface area contributed by atoms with Crippen LogP contribution in [-0.2, 0) is 4.74 Å². The number of morpholine rings is 1. The van der Waals surface area contributed by atoms with Gasteiger partial charge in [0.05, 0.1) is 12.7 Å². The Labute approximate surface area is 99.5 Å². The Morgan fingerprint density at radius 1 is 1.38 bits per heavy atom. The molecule has 1 aliphatic heterocycles. The number of likely N-dealkylation sites (N-methyl/N-ethyl adjacent to an activating group) is 1. The fourth-order valence-corrected chi connectivity index (χ4v) is 2.62. The van der Waals surface area contributed by atoms with E-state index in [-0.39, 0.29) is 0 Å². The van der Waals surface area contributed by atoms with Gasteiger partial charge >= 0.3 is 0 Å². The highest BCUT2D eigenvalue weighted by atomic mass is 16.5. The molecule has 2 aliphatic rings. The van der Waals surface area contributed by atoms with Gasteiger partial charge in [0, 0.05) is 25.7 Å². The lowest BCUT2D eigenvalue weighted by atomic mass is 10.1. The van der Waals surface area contributed by atoms with Gasteiger partial charge in [-0.05, 0) is 31.7 Å². The molecular formula is C13H26N2O. The van der Waals surface area contributed by atoms with E-state index in [9.17, 15) is 0 Å². The lowest BCUT2D eigenvalue weighted by molar-refractivity contribution is -0.0266. The van der Waals surface area contributed by atoms with E-state index in [1.165, 1.54) is 19.3 Å². The Hall–Kier alpha value is -0.120. The van der Waals surface area contributed by atoms with Crippen molar-refractivity contribution in [3.8, 4) is 0 Å². The quantitative estimate of drug-likeness (QED) is 0.742. The number of rotatable bonds is 6. The van der Waals surface area contributed by atoms with Crippen molar-refractivity contribution in [3.63, 3.8) is 0 Å². The van der Waals surface area contributed by atoms with Gasteiger partial charge in [0.2, 0.25) is 0 Å². The van der Waals surface area contributed by atoms with Gasteiger partial charge in [-0.3, -0.25) is 4.90 Å². The molecular weight excluding hydrogens is 200 g/mol. The maximum absolute atomic E-state index is 5.80. The molecule has 2 fully saturated rings. The van der Waals surface area contributed by atoms with E-state index in [0.29, 0.717) is 6.10 Å². The first kappa shape index (κ1) is 12.3. The number of ether oxygens (including phenoxy) is 1. The maximum Gasteiger partial charge on any atom is 0.0826 e. The van der Waals surface area contributed by atoms with E-state index < -0.39 is 0 Å². The Kier molecular flexibility index (Phi) is 4.62. The molecule has 1 aliphatic carbocycles. The summed E-state index contributed by atoms with van der Waals surface area (Å²) in [6, 6.07) is 0.737. The van der Waals surface area contributed by atoms with Gasteiger partial charge in [0.15, 0.2) is 0 Å². The van der Waals surface area contributed by atoms with Crippen molar-refractivity contribution in [3.05, 3.63) is 0 Å². The van der Waals surface area contributed by atoms with E-state index in [2.05, 4.69) is 24.1 Å². The van der Waals surface area contributed by atoms with Crippen LogP contribution >= 0.6 is 0 Å². The molecule has 16 heavy (non-hydrogen) atoms. The molecule has 1 heterocycles. The average molecular weight is 226 g/mol. The van der Waals surface area contributed by atoms with Gasteiger partial charge < -0.3 is 10.1 Å². The van der Waals surface area contributed by atoms with E-state index in [1.807, 2.05) is 0 Å². The summed E-state index contributed by atoms with van der Waals surface area (Å²) in [4.78, 5) is 2.48. The largest absolute Gasteiger partial charge is 0.374 e. The molecule has 2 atom stereocenters. The van der Waals surface area contributed by atoms with Crippen molar-refractivity contribution >= 4 is 0 Å².